The Kier molecular flexibility index (Phi) is 5.00. The van der Waals surface area contributed by atoms with E-state index in [1.54, 1.807) is 0 Å². The third-order valence-electron chi connectivity index (χ3n) is 5.44. The molecule has 0 spiro atoms. The normalized spacial score (nSPS) is 20.8. The quantitative estimate of drug-likeness (QED) is 0.827. The van der Waals surface area contributed by atoms with Crippen LogP contribution < -0.4 is 0 Å². The van der Waals surface area contributed by atoms with Crippen LogP contribution >= 0.6 is 11.6 Å². The molecule has 2 aromatic rings. The predicted octanol–water partition coefficient (Wildman–Crippen LogP) is 3.41. The van der Waals surface area contributed by atoms with Gasteiger partial charge in [-0.15, -0.1) is 0 Å². The number of benzene rings is 1. The molecule has 138 valence electrons. The summed E-state index contributed by atoms with van der Waals surface area (Å²) in [5.74, 6) is 1.51. The topological polar surface area (TPSA) is 49.6 Å². The standard InChI is InChI=1S/C20H24ClN3O2/c1-14-5-6-18-17(11-14)19(22-26-18)20(25)24-9-7-23(8-10-24)13-15-3-2-4-16(21)12-15/h2-4,12,14H,5-11,13H2,1H3. The monoisotopic (exact) mass is 373 g/mol. The van der Waals surface area contributed by atoms with Crippen LogP contribution in [0.2, 0.25) is 5.02 Å². The highest BCUT2D eigenvalue weighted by Gasteiger charge is 2.30. The average Bonchev–Trinajstić information content (AvgIpc) is 3.05. The fourth-order valence-corrected chi connectivity index (χ4v) is 4.11. The molecule has 0 bridgehead atoms. The summed E-state index contributed by atoms with van der Waals surface area (Å²) in [6, 6.07) is 7.96. The smallest absolute Gasteiger partial charge is 0.276 e. The Hall–Kier alpha value is -1.85. The zero-order valence-electron chi connectivity index (χ0n) is 15.1. The first-order chi connectivity index (χ1) is 12.6. The fourth-order valence-electron chi connectivity index (χ4n) is 3.90. The third kappa shape index (κ3) is 3.64. The Balaban J connectivity index is 1.38. The molecular weight excluding hydrogens is 350 g/mol. The van der Waals surface area contributed by atoms with Crippen LogP contribution in [0.5, 0.6) is 0 Å². The van der Waals surface area contributed by atoms with Crippen LogP contribution in [-0.2, 0) is 19.4 Å². The van der Waals surface area contributed by atoms with Gasteiger partial charge in [0.2, 0.25) is 0 Å². The average molecular weight is 374 g/mol. The highest BCUT2D eigenvalue weighted by atomic mass is 35.5. The van der Waals surface area contributed by atoms with Gasteiger partial charge in [0.15, 0.2) is 5.69 Å². The minimum Gasteiger partial charge on any atom is -0.360 e. The summed E-state index contributed by atoms with van der Waals surface area (Å²) in [5, 5.41) is 4.87. The van der Waals surface area contributed by atoms with Crippen molar-refractivity contribution in [3.05, 3.63) is 51.9 Å². The van der Waals surface area contributed by atoms with E-state index in [1.165, 1.54) is 5.56 Å². The molecule has 1 fully saturated rings. The SMILES string of the molecule is CC1CCc2onc(C(=O)N3CCN(Cc4cccc(Cl)c4)CC3)c2C1. The highest BCUT2D eigenvalue weighted by molar-refractivity contribution is 6.30. The number of piperazine rings is 1. The van der Waals surface area contributed by atoms with E-state index in [0.717, 1.165) is 68.3 Å². The second kappa shape index (κ2) is 7.41. The van der Waals surface area contributed by atoms with Gasteiger partial charge in [-0.25, -0.2) is 0 Å². The predicted molar refractivity (Wildman–Crippen MR) is 100 cm³/mol. The van der Waals surface area contributed by atoms with Gasteiger partial charge in [-0.3, -0.25) is 9.69 Å². The van der Waals surface area contributed by atoms with Gasteiger partial charge in [0, 0.05) is 49.7 Å². The molecule has 2 heterocycles. The molecule has 1 aromatic heterocycles. The van der Waals surface area contributed by atoms with Crippen LogP contribution in [0.1, 0.15) is 40.7 Å². The second-order valence-corrected chi connectivity index (χ2v) is 7.92. The van der Waals surface area contributed by atoms with Crippen LogP contribution in [0.25, 0.3) is 0 Å². The summed E-state index contributed by atoms with van der Waals surface area (Å²) in [7, 11) is 0. The first-order valence-corrected chi connectivity index (χ1v) is 9.71. The van der Waals surface area contributed by atoms with Gasteiger partial charge in [-0.05, 0) is 36.5 Å². The van der Waals surface area contributed by atoms with Crippen molar-refractivity contribution < 1.29 is 9.32 Å². The van der Waals surface area contributed by atoms with Crippen molar-refractivity contribution in [2.45, 2.75) is 32.7 Å². The van der Waals surface area contributed by atoms with Gasteiger partial charge in [0.05, 0.1) is 0 Å². The molecule has 1 aliphatic carbocycles. The summed E-state index contributed by atoms with van der Waals surface area (Å²) in [5.41, 5.74) is 2.78. The Bertz CT molecular complexity index is 796. The summed E-state index contributed by atoms with van der Waals surface area (Å²) in [6.07, 6.45) is 2.90. The Labute approximate surface area is 158 Å². The highest BCUT2D eigenvalue weighted by Crippen LogP contribution is 2.28. The maximum Gasteiger partial charge on any atom is 0.276 e. The number of amides is 1. The van der Waals surface area contributed by atoms with E-state index in [9.17, 15) is 4.79 Å². The first-order valence-electron chi connectivity index (χ1n) is 9.33. The molecule has 1 aliphatic heterocycles. The lowest BCUT2D eigenvalue weighted by Gasteiger charge is -2.34. The van der Waals surface area contributed by atoms with Crippen LogP contribution in [0.4, 0.5) is 0 Å². The molecule has 0 N–H and O–H groups in total. The number of hydrogen-bond acceptors (Lipinski definition) is 4. The lowest BCUT2D eigenvalue weighted by molar-refractivity contribution is 0.0617. The Morgan fingerprint density at radius 3 is 2.88 bits per heavy atom. The van der Waals surface area contributed by atoms with Crippen molar-refractivity contribution in [1.29, 1.82) is 0 Å². The van der Waals surface area contributed by atoms with Gasteiger partial charge in [-0.1, -0.05) is 35.8 Å². The number of halogens is 1. The summed E-state index contributed by atoms with van der Waals surface area (Å²) >= 11 is 6.07. The van der Waals surface area contributed by atoms with Gasteiger partial charge < -0.3 is 9.42 Å². The van der Waals surface area contributed by atoms with E-state index >= 15 is 0 Å². The van der Waals surface area contributed by atoms with Crippen molar-refractivity contribution in [2.24, 2.45) is 5.92 Å². The molecule has 6 heteroatoms. The van der Waals surface area contributed by atoms with Crippen molar-refractivity contribution in [2.75, 3.05) is 26.2 Å². The Morgan fingerprint density at radius 1 is 1.31 bits per heavy atom. The van der Waals surface area contributed by atoms with E-state index in [4.69, 9.17) is 16.1 Å². The van der Waals surface area contributed by atoms with Crippen molar-refractivity contribution >= 4 is 17.5 Å². The van der Waals surface area contributed by atoms with Gasteiger partial charge in [0.25, 0.3) is 5.91 Å². The lowest BCUT2D eigenvalue weighted by Crippen LogP contribution is -2.48. The summed E-state index contributed by atoms with van der Waals surface area (Å²) in [4.78, 5) is 17.2. The van der Waals surface area contributed by atoms with Crippen LogP contribution in [0.15, 0.2) is 28.8 Å². The maximum atomic E-state index is 12.9. The van der Waals surface area contributed by atoms with Crippen molar-refractivity contribution in [3.63, 3.8) is 0 Å². The summed E-state index contributed by atoms with van der Waals surface area (Å²) in [6.45, 7) is 6.23. The molecule has 1 saturated heterocycles. The molecule has 5 nitrogen and oxygen atoms in total. The fraction of sp³-hybridized carbons (Fsp3) is 0.500. The van der Waals surface area contributed by atoms with E-state index < -0.39 is 0 Å². The number of rotatable bonds is 3. The third-order valence-corrected chi connectivity index (χ3v) is 5.68. The minimum atomic E-state index is 0.0199. The number of carbonyl (C=O) groups is 1. The molecule has 0 radical (unpaired) electrons. The van der Waals surface area contributed by atoms with E-state index in [-0.39, 0.29) is 5.91 Å². The number of hydrogen-bond donors (Lipinski definition) is 0. The van der Waals surface area contributed by atoms with Gasteiger partial charge >= 0.3 is 0 Å². The van der Waals surface area contributed by atoms with Gasteiger partial charge in [-0.2, -0.15) is 0 Å². The molecular formula is C20H24ClN3O2. The molecule has 1 aromatic carbocycles. The number of aryl methyl sites for hydroxylation is 1. The molecule has 1 atom stereocenters. The molecule has 0 saturated carbocycles. The van der Waals surface area contributed by atoms with Crippen LogP contribution in [0, 0.1) is 5.92 Å². The molecule has 4 rings (SSSR count). The van der Waals surface area contributed by atoms with E-state index in [0.29, 0.717) is 11.6 Å². The molecule has 26 heavy (non-hydrogen) atoms. The lowest BCUT2D eigenvalue weighted by atomic mass is 9.88. The zero-order valence-corrected chi connectivity index (χ0v) is 15.8. The van der Waals surface area contributed by atoms with E-state index in [1.807, 2.05) is 23.1 Å². The Morgan fingerprint density at radius 2 is 2.12 bits per heavy atom. The zero-order chi connectivity index (χ0) is 18.1. The number of aromatic nitrogens is 1. The number of carbonyl (C=O) groups excluding carboxylic acids is 1. The number of fused-ring (bicyclic) bond motifs is 1. The minimum absolute atomic E-state index is 0.0199. The van der Waals surface area contributed by atoms with Crippen molar-refractivity contribution in [3.8, 4) is 0 Å². The summed E-state index contributed by atoms with van der Waals surface area (Å²) < 4.78 is 5.44. The molecule has 1 unspecified atom stereocenters. The number of nitrogens with zero attached hydrogens (tertiary/aromatic N) is 3. The maximum absolute atomic E-state index is 12.9. The second-order valence-electron chi connectivity index (χ2n) is 7.48. The van der Waals surface area contributed by atoms with E-state index in [2.05, 4.69) is 23.0 Å². The van der Waals surface area contributed by atoms with Crippen LogP contribution in [0.3, 0.4) is 0 Å². The van der Waals surface area contributed by atoms with Gasteiger partial charge in [0.1, 0.15) is 5.76 Å². The van der Waals surface area contributed by atoms with Crippen LogP contribution in [-0.4, -0.2) is 47.0 Å². The molecule has 1 amide bonds. The molecule has 2 aliphatic rings. The largest absolute Gasteiger partial charge is 0.360 e. The van der Waals surface area contributed by atoms with Crippen molar-refractivity contribution in [1.82, 2.24) is 15.0 Å². The first kappa shape index (κ1) is 17.6.